The minimum absolute atomic E-state index is 0.176. The molecule has 3 aromatic rings. The maximum absolute atomic E-state index is 13.2. The molecular formula is C27H29N3O4. The summed E-state index contributed by atoms with van der Waals surface area (Å²) in [6.07, 6.45) is 2.20. The van der Waals surface area contributed by atoms with Crippen LogP contribution in [0.1, 0.15) is 39.1 Å². The number of hydrogen-bond donors (Lipinski definition) is 2. The molecule has 176 valence electrons. The van der Waals surface area contributed by atoms with Gasteiger partial charge in [0.25, 0.3) is 11.8 Å². The number of rotatable bonds is 8. The molecule has 4 rings (SSSR count). The predicted octanol–water partition coefficient (Wildman–Crippen LogP) is 4.49. The van der Waals surface area contributed by atoms with Gasteiger partial charge < -0.3 is 25.0 Å². The Bertz CT molecular complexity index is 1140. The molecule has 2 amide bonds. The van der Waals surface area contributed by atoms with Gasteiger partial charge in [-0.2, -0.15) is 0 Å². The number of amides is 2. The van der Waals surface area contributed by atoms with E-state index in [-0.39, 0.29) is 11.8 Å². The SMILES string of the molecule is COc1cc(OC)cc(C(=O)Nc2ccc(N3CCCC3)c(C(=O)NCc3ccccc3)c2)c1. The van der Waals surface area contributed by atoms with Gasteiger partial charge in [0.15, 0.2) is 0 Å². The Labute approximate surface area is 199 Å². The lowest BCUT2D eigenvalue weighted by atomic mass is 10.1. The van der Waals surface area contributed by atoms with Crippen molar-refractivity contribution in [3.8, 4) is 11.5 Å². The molecule has 1 saturated heterocycles. The van der Waals surface area contributed by atoms with Gasteiger partial charge in [0.1, 0.15) is 11.5 Å². The molecule has 1 fully saturated rings. The Morgan fingerprint density at radius 3 is 2.18 bits per heavy atom. The van der Waals surface area contributed by atoms with E-state index >= 15 is 0 Å². The van der Waals surface area contributed by atoms with Crippen molar-refractivity contribution in [2.75, 3.05) is 37.5 Å². The van der Waals surface area contributed by atoms with Crippen molar-refractivity contribution in [1.82, 2.24) is 5.32 Å². The number of carbonyl (C=O) groups excluding carboxylic acids is 2. The lowest BCUT2D eigenvalue weighted by Crippen LogP contribution is -2.27. The molecule has 0 aromatic heterocycles. The second-order valence-corrected chi connectivity index (χ2v) is 8.15. The van der Waals surface area contributed by atoms with E-state index in [1.807, 2.05) is 42.5 Å². The zero-order valence-electron chi connectivity index (χ0n) is 19.5. The highest BCUT2D eigenvalue weighted by molar-refractivity contribution is 6.06. The van der Waals surface area contributed by atoms with Crippen molar-refractivity contribution in [2.45, 2.75) is 19.4 Å². The summed E-state index contributed by atoms with van der Waals surface area (Å²) < 4.78 is 10.5. The first-order valence-electron chi connectivity index (χ1n) is 11.3. The largest absolute Gasteiger partial charge is 0.497 e. The first-order chi connectivity index (χ1) is 16.6. The highest BCUT2D eigenvalue weighted by Crippen LogP contribution is 2.29. The Morgan fingerprint density at radius 2 is 1.53 bits per heavy atom. The van der Waals surface area contributed by atoms with Crippen LogP contribution in [0.2, 0.25) is 0 Å². The molecule has 0 radical (unpaired) electrons. The Kier molecular flexibility index (Phi) is 7.32. The standard InChI is InChI=1S/C27H29N3O4/c1-33-22-14-20(15-23(17-22)34-2)26(31)29-21-10-11-25(30-12-6-7-13-30)24(16-21)27(32)28-18-19-8-4-3-5-9-19/h3-5,8-11,14-17H,6-7,12-13,18H2,1-2H3,(H,28,32)(H,29,31). The van der Waals surface area contributed by atoms with Gasteiger partial charge in [-0.1, -0.05) is 30.3 Å². The number of ether oxygens (including phenoxy) is 2. The van der Waals surface area contributed by atoms with Gasteiger partial charge >= 0.3 is 0 Å². The molecule has 0 atom stereocenters. The van der Waals surface area contributed by atoms with Crippen LogP contribution >= 0.6 is 0 Å². The monoisotopic (exact) mass is 459 g/mol. The average molecular weight is 460 g/mol. The minimum Gasteiger partial charge on any atom is -0.497 e. The van der Waals surface area contributed by atoms with Crippen LogP contribution in [0, 0.1) is 0 Å². The molecule has 1 aliphatic rings. The third-order valence-corrected chi connectivity index (χ3v) is 5.86. The molecule has 7 nitrogen and oxygen atoms in total. The Hall–Kier alpha value is -4.00. The van der Waals surface area contributed by atoms with Gasteiger partial charge in [-0.05, 0) is 48.7 Å². The highest BCUT2D eigenvalue weighted by atomic mass is 16.5. The van der Waals surface area contributed by atoms with Crippen LogP contribution in [0.5, 0.6) is 11.5 Å². The first-order valence-corrected chi connectivity index (χ1v) is 11.3. The first kappa shape index (κ1) is 23.2. The maximum atomic E-state index is 13.2. The van der Waals surface area contributed by atoms with Crippen molar-refractivity contribution in [3.63, 3.8) is 0 Å². The van der Waals surface area contributed by atoms with Crippen molar-refractivity contribution in [3.05, 3.63) is 83.4 Å². The summed E-state index contributed by atoms with van der Waals surface area (Å²) in [5.41, 5.74) is 3.38. The lowest BCUT2D eigenvalue weighted by Gasteiger charge is -2.22. The zero-order chi connectivity index (χ0) is 23.9. The maximum Gasteiger partial charge on any atom is 0.255 e. The third-order valence-electron chi connectivity index (χ3n) is 5.86. The molecular weight excluding hydrogens is 430 g/mol. The summed E-state index contributed by atoms with van der Waals surface area (Å²) >= 11 is 0. The van der Waals surface area contributed by atoms with Crippen molar-refractivity contribution < 1.29 is 19.1 Å². The van der Waals surface area contributed by atoms with Crippen LogP contribution in [0.15, 0.2) is 66.7 Å². The number of anilines is 2. The van der Waals surface area contributed by atoms with Crippen molar-refractivity contribution >= 4 is 23.2 Å². The number of hydrogen-bond acceptors (Lipinski definition) is 5. The van der Waals surface area contributed by atoms with E-state index in [0.29, 0.717) is 34.9 Å². The summed E-state index contributed by atoms with van der Waals surface area (Å²) in [5, 5.41) is 5.91. The molecule has 0 saturated carbocycles. The number of nitrogens with one attached hydrogen (secondary N) is 2. The van der Waals surface area contributed by atoms with Gasteiger partial charge in [-0.3, -0.25) is 9.59 Å². The molecule has 1 heterocycles. The molecule has 0 bridgehead atoms. The van der Waals surface area contributed by atoms with E-state index in [9.17, 15) is 9.59 Å². The molecule has 3 aromatic carbocycles. The fourth-order valence-corrected chi connectivity index (χ4v) is 4.04. The molecule has 0 spiro atoms. The second kappa shape index (κ2) is 10.7. The summed E-state index contributed by atoms with van der Waals surface area (Å²) in [7, 11) is 3.07. The molecule has 1 aliphatic heterocycles. The van der Waals surface area contributed by atoms with Gasteiger partial charge in [-0.25, -0.2) is 0 Å². The smallest absolute Gasteiger partial charge is 0.255 e. The van der Waals surface area contributed by atoms with E-state index in [1.165, 1.54) is 14.2 Å². The van der Waals surface area contributed by atoms with E-state index in [2.05, 4.69) is 15.5 Å². The normalized spacial score (nSPS) is 12.8. The van der Waals surface area contributed by atoms with Crippen LogP contribution in [0.3, 0.4) is 0 Å². The number of carbonyl (C=O) groups is 2. The summed E-state index contributed by atoms with van der Waals surface area (Å²) in [4.78, 5) is 28.4. The third kappa shape index (κ3) is 5.49. The summed E-state index contributed by atoms with van der Waals surface area (Å²) in [6, 6.07) is 20.2. The van der Waals surface area contributed by atoms with E-state index < -0.39 is 0 Å². The van der Waals surface area contributed by atoms with E-state index in [1.54, 1.807) is 24.3 Å². The van der Waals surface area contributed by atoms with E-state index in [0.717, 1.165) is 37.2 Å². The van der Waals surface area contributed by atoms with Gasteiger partial charge in [-0.15, -0.1) is 0 Å². The molecule has 0 unspecified atom stereocenters. The summed E-state index contributed by atoms with van der Waals surface area (Å²) in [5.74, 6) is 0.552. The minimum atomic E-state index is -0.318. The van der Waals surface area contributed by atoms with Gasteiger partial charge in [0.2, 0.25) is 0 Å². The van der Waals surface area contributed by atoms with Crippen molar-refractivity contribution in [2.24, 2.45) is 0 Å². The predicted molar refractivity (Wildman–Crippen MR) is 133 cm³/mol. The zero-order valence-corrected chi connectivity index (χ0v) is 19.5. The Balaban J connectivity index is 1.57. The van der Waals surface area contributed by atoms with Crippen LogP contribution in [0.25, 0.3) is 0 Å². The number of nitrogens with zero attached hydrogens (tertiary/aromatic N) is 1. The molecule has 34 heavy (non-hydrogen) atoms. The summed E-state index contributed by atoms with van der Waals surface area (Å²) in [6.45, 7) is 2.25. The van der Waals surface area contributed by atoms with Crippen molar-refractivity contribution in [1.29, 1.82) is 0 Å². The molecule has 2 N–H and O–H groups in total. The molecule has 0 aliphatic carbocycles. The number of methoxy groups -OCH3 is 2. The van der Waals surface area contributed by atoms with Crippen LogP contribution in [-0.4, -0.2) is 39.1 Å². The van der Waals surface area contributed by atoms with Gasteiger partial charge in [0.05, 0.1) is 19.8 Å². The average Bonchev–Trinajstić information content (AvgIpc) is 3.42. The fraction of sp³-hybridized carbons (Fsp3) is 0.259. The van der Waals surface area contributed by atoms with Crippen LogP contribution in [0.4, 0.5) is 11.4 Å². The lowest BCUT2D eigenvalue weighted by molar-refractivity contribution is 0.0950. The van der Waals surface area contributed by atoms with Crippen LogP contribution in [-0.2, 0) is 6.54 Å². The number of benzene rings is 3. The van der Waals surface area contributed by atoms with Gasteiger partial charge in [0, 0.05) is 42.6 Å². The van der Waals surface area contributed by atoms with E-state index in [4.69, 9.17) is 9.47 Å². The quantitative estimate of drug-likeness (QED) is 0.519. The highest BCUT2D eigenvalue weighted by Gasteiger charge is 2.21. The Morgan fingerprint density at radius 1 is 0.853 bits per heavy atom. The second-order valence-electron chi connectivity index (χ2n) is 8.15. The van der Waals surface area contributed by atoms with Crippen LogP contribution < -0.4 is 25.0 Å². The topological polar surface area (TPSA) is 79.9 Å². The fourth-order valence-electron chi connectivity index (χ4n) is 4.04. The molecule has 7 heteroatoms.